The van der Waals surface area contributed by atoms with Crippen LogP contribution in [-0.4, -0.2) is 45.7 Å². The van der Waals surface area contributed by atoms with E-state index in [4.69, 9.17) is 9.72 Å². The van der Waals surface area contributed by atoms with Crippen molar-refractivity contribution in [2.24, 2.45) is 0 Å². The summed E-state index contributed by atoms with van der Waals surface area (Å²) in [6.45, 7) is 3.81. The molecule has 0 saturated heterocycles. The van der Waals surface area contributed by atoms with Crippen molar-refractivity contribution in [1.29, 1.82) is 0 Å². The summed E-state index contributed by atoms with van der Waals surface area (Å²) in [5.41, 5.74) is 5.72. The van der Waals surface area contributed by atoms with Gasteiger partial charge < -0.3 is 14.6 Å². The van der Waals surface area contributed by atoms with Gasteiger partial charge in [0, 0.05) is 43.7 Å². The molecule has 0 bridgehead atoms. The molecule has 0 radical (unpaired) electrons. The van der Waals surface area contributed by atoms with E-state index in [1.165, 1.54) is 42.6 Å². The SMILES string of the molecule is COCCNC(=O)c1cc(-c2csc(-c3cnccn3)n2)n(CCC2=CCCCC2)c1C. The largest absolute Gasteiger partial charge is 0.383 e. The third kappa shape index (κ3) is 5.14. The molecule has 3 aromatic rings. The second-order valence-corrected chi connectivity index (χ2v) is 8.77. The zero-order valence-electron chi connectivity index (χ0n) is 18.6. The van der Waals surface area contributed by atoms with E-state index >= 15 is 0 Å². The molecule has 0 saturated carbocycles. The highest BCUT2D eigenvalue weighted by Gasteiger charge is 2.21. The van der Waals surface area contributed by atoms with E-state index in [-0.39, 0.29) is 5.91 Å². The summed E-state index contributed by atoms with van der Waals surface area (Å²) in [6, 6.07) is 1.96. The van der Waals surface area contributed by atoms with E-state index in [2.05, 4.69) is 25.9 Å². The average molecular weight is 452 g/mol. The smallest absolute Gasteiger partial charge is 0.253 e. The van der Waals surface area contributed by atoms with E-state index in [0.717, 1.165) is 40.7 Å². The number of ether oxygens (including phenoxy) is 1. The van der Waals surface area contributed by atoms with Gasteiger partial charge in [0.05, 0.1) is 29.8 Å². The van der Waals surface area contributed by atoms with Crippen LogP contribution in [0.15, 0.2) is 41.7 Å². The lowest BCUT2D eigenvalue weighted by Gasteiger charge is -2.15. The van der Waals surface area contributed by atoms with Gasteiger partial charge in [0.1, 0.15) is 10.7 Å². The molecule has 0 aromatic carbocycles. The molecule has 0 spiro atoms. The van der Waals surface area contributed by atoms with Gasteiger partial charge in [-0.15, -0.1) is 11.3 Å². The predicted octanol–water partition coefficient (Wildman–Crippen LogP) is 4.64. The third-order valence-corrected chi connectivity index (χ3v) is 6.66. The van der Waals surface area contributed by atoms with E-state index in [9.17, 15) is 4.79 Å². The second-order valence-electron chi connectivity index (χ2n) is 7.92. The van der Waals surface area contributed by atoms with Crippen molar-refractivity contribution < 1.29 is 9.53 Å². The molecule has 168 valence electrons. The monoisotopic (exact) mass is 451 g/mol. The van der Waals surface area contributed by atoms with Gasteiger partial charge in [-0.2, -0.15) is 0 Å². The van der Waals surface area contributed by atoms with Crippen LogP contribution in [0.25, 0.3) is 22.1 Å². The van der Waals surface area contributed by atoms with Crippen LogP contribution < -0.4 is 5.32 Å². The van der Waals surface area contributed by atoms with Crippen LogP contribution in [0.1, 0.15) is 48.2 Å². The summed E-state index contributed by atoms with van der Waals surface area (Å²) in [4.78, 5) is 26.2. The number of nitrogens with zero attached hydrogens (tertiary/aromatic N) is 4. The lowest BCUT2D eigenvalue weighted by molar-refractivity contribution is 0.0936. The Kier molecular flexibility index (Phi) is 7.44. The molecule has 8 heteroatoms. The first kappa shape index (κ1) is 22.4. The number of carbonyl (C=O) groups excluding carboxylic acids is 1. The van der Waals surface area contributed by atoms with Gasteiger partial charge in [0.25, 0.3) is 5.91 Å². The Morgan fingerprint density at radius 2 is 2.19 bits per heavy atom. The van der Waals surface area contributed by atoms with Gasteiger partial charge in [0.15, 0.2) is 0 Å². The Hall–Kier alpha value is -2.84. The molecular weight excluding hydrogens is 422 g/mol. The average Bonchev–Trinajstić information content (AvgIpc) is 3.44. The van der Waals surface area contributed by atoms with Crippen molar-refractivity contribution in [1.82, 2.24) is 24.8 Å². The van der Waals surface area contributed by atoms with Gasteiger partial charge in [-0.05, 0) is 45.1 Å². The summed E-state index contributed by atoms with van der Waals surface area (Å²) in [5.74, 6) is -0.0826. The zero-order valence-corrected chi connectivity index (χ0v) is 19.5. The van der Waals surface area contributed by atoms with Crippen LogP contribution >= 0.6 is 11.3 Å². The van der Waals surface area contributed by atoms with Crippen LogP contribution in [0.4, 0.5) is 0 Å². The molecule has 1 aliphatic rings. The van der Waals surface area contributed by atoms with Crippen LogP contribution in [0, 0.1) is 6.92 Å². The molecule has 3 aromatic heterocycles. The van der Waals surface area contributed by atoms with Gasteiger partial charge in [-0.1, -0.05) is 11.6 Å². The molecule has 4 rings (SSSR count). The fraction of sp³-hybridized carbons (Fsp3) is 0.417. The first-order valence-corrected chi connectivity index (χ1v) is 11.9. The highest BCUT2D eigenvalue weighted by Crippen LogP contribution is 2.31. The van der Waals surface area contributed by atoms with E-state index in [1.54, 1.807) is 25.7 Å². The lowest BCUT2D eigenvalue weighted by Crippen LogP contribution is -2.27. The number of hydrogen-bond donors (Lipinski definition) is 1. The van der Waals surface area contributed by atoms with Crippen LogP contribution in [0.5, 0.6) is 0 Å². The Balaban J connectivity index is 1.64. The topological polar surface area (TPSA) is 81.9 Å². The molecule has 3 heterocycles. The van der Waals surface area contributed by atoms with Crippen molar-refractivity contribution in [3.8, 4) is 22.1 Å². The Morgan fingerprint density at radius 3 is 2.94 bits per heavy atom. The van der Waals surface area contributed by atoms with Gasteiger partial charge in [0.2, 0.25) is 0 Å². The normalized spacial score (nSPS) is 13.8. The fourth-order valence-corrected chi connectivity index (χ4v) is 4.82. The third-order valence-electron chi connectivity index (χ3n) is 5.79. The highest BCUT2D eigenvalue weighted by atomic mass is 32.1. The number of methoxy groups -OCH3 is 1. The van der Waals surface area contributed by atoms with Crippen molar-refractivity contribution in [3.63, 3.8) is 0 Å². The molecule has 0 fully saturated rings. The number of nitrogens with one attached hydrogen (secondary N) is 1. The Bertz CT molecular complexity index is 1090. The van der Waals surface area contributed by atoms with Gasteiger partial charge >= 0.3 is 0 Å². The number of carbonyl (C=O) groups is 1. The summed E-state index contributed by atoms with van der Waals surface area (Å²) in [5, 5.41) is 5.79. The second kappa shape index (κ2) is 10.7. The molecule has 1 amide bonds. The lowest BCUT2D eigenvalue weighted by atomic mass is 9.97. The summed E-state index contributed by atoms with van der Waals surface area (Å²) >= 11 is 1.54. The minimum absolute atomic E-state index is 0.0826. The number of aromatic nitrogens is 4. The predicted molar refractivity (Wildman–Crippen MR) is 127 cm³/mol. The molecule has 0 atom stereocenters. The van der Waals surface area contributed by atoms with E-state index in [1.807, 2.05) is 18.4 Å². The van der Waals surface area contributed by atoms with Gasteiger partial charge in [-0.25, -0.2) is 4.98 Å². The number of allylic oxidation sites excluding steroid dienone is 2. The quantitative estimate of drug-likeness (QED) is 0.378. The first-order chi connectivity index (χ1) is 15.7. The molecule has 1 N–H and O–H groups in total. The van der Waals surface area contributed by atoms with E-state index < -0.39 is 0 Å². The Morgan fingerprint density at radius 1 is 1.28 bits per heavy atom. The molecule has 1 aliphatic carbocycles. The summed E-state index contributed by atoms with van der Waals surface area (Å²) in [7, 11) is 1.63. The minimum atomic E-state index is -0.0826. The number of thiazole rings is 1. The minimum Gasteiger partial charge on any atom is -0.383 e. The number of amides is 1. The molecule has 0 unspecified atom stereocenters. The molecular formula is C24H29N5O2S. The maximum Gasteiger partial charge on any atom is 0.253 e. The highest BCUT2D eigenvalue weighted by molar-refractivity contribution is 7.13. The Labute approximate surface area is 192 Å². The van der Waals surface area contributed by atoms with Gasteiger partial charge in [-0.3, -0.25) is 14.8 Å². The van der Waals surface area contributed by atoms with Crippen LogP contribution in [0.2, 0.25) is 0 Å². The number of rotatable bonds is 9. The van der Waals surface area contributed by atoms with Crippen molar-refractivity contribution in [2.45, 2.75) is 45.6 Å². The standard InChI is InChI=1S/C24H29N5O2S/c1-17-19(23(30)27-11-13-31-2)14-22(29(17)12-8-18-6-4-3-5-7-18)21-16-32-24(28-21)20-15-25-9-10-26-20/h6,9-10,14-16H,3-5,7-8,11-13H2,1-2H3,(H,27,30). The zero-order chi connectivity index (χ0) is 22.3. The van der Waals surface area contributed by atoms with E-state index in [0.29, 0.717) is 18.7 Å². The number of hydrogen-bond acceptors (Lipinski definition) is 6. The maximum absolute atomic E-state index is 12.8. The summed E-state index contributed by atoms with van der Waals surface area (Å²) in [6.07, 6.45) is 13.3. The summed E-state index contributed by atoms with van der Waals surface area (Å²) < 4.78 is 7.29. The molecule has 32 heavy (non-hydrogen) atoms. The van der Waals surface area contributed by atoms with Crippen molar-refractivity contribution >= 4 is 17.2 Å². The van der Waals surface area contributed by atoms with Crippen molar-refractivity contribution in [2.75, 3.05) is 20.3 Å². The molecule has 0 aliphatic heterocycles. The van der Waals surface area contributed by atoms with Crippen LogP contribution in [-0.2, 0) is 11.3 Å². The maximum atomic E-state index is 12.8. The van der Waals surface area contributed by atoms with Crippen molar-refractivity contribution in [3.05, 3.63) is 52.9 Å². The fourth-order valence-electron chi connectivity index (χ4n) is 4.04. The van der Waals surface area contributed by atoms with Crippen LogP contribution in [0.3, 0.4) is 0 Å². The first-order valence-electron chi connectivity index (χ1n) is 11.0. The molecule has 7 nitrogen and oxygen atoms in total.